The van der Waals surface area contributed by atoms with Crippen LogP contribution < -0.4 is 10.6 Å². The minimum Gasteiger partial charge on any atom is -0.394 e. The van der Waals surface area contributed by atoms with Crippen LogP contribution in [-0.2, 0) is 10.3 Å². The van der Waals surface area contributed by atoms with E-state index in [-0.39, 0.29) is 25.1 Å². The molecule has 1 aromatic carbocycles. The fourth-order valence-corrected chi connectivity index (χ4v) is 2.10. The Morgan fingerprint density at radius 3 is 2.35 bits per heavy atom. The van der Waals surface area contributed by atoms with Crippen molar-refractivity contribution in [1.29, 1.82) is 0 Å². The summed E-state index contributed by atoms with van der Waals surface area (Å²) in [7, 11) is 0. The number of amides is 1. The molecule has 1 unspecified atom stereocenters. The number of hydrogen-bond acceptors (Lipinski definition) is 3. The molecule has 0 aliphatic carbocycles. The molecule has 0 saturated carbocycles. The van der Waals surface area contributed by atoms with Gasteiger partial charge in [-0.2, -0.15) is 0 Å². The Kier molecular flexibility index (Phi) is 6.68. The fourth-order valence-electron chi connectivity index (χ4n) is 2.10. The molecule has 3 N–H and O–H groups in total. The molecule has 0 aromatic heterocycles. The zero-order chi connectivity index (χ0) is 15.0. The Labute approximate surface area is 121 Å². The maximum absolute atomic E-state index is 11.9. The lowest BCUT2D eigenvalue weighted by molar-refractivity contribution is -0.121. The van der Waals surface area contributed by atoms with Crippen LogP contribution in [0, 0.1) is 0 Å². The predicted octanol–water partition coefficient (Wildman–Crippen LogP) is 1.79. The van der Waals surface area contributed by atoms with E-state index in [1.54, 1.807) is 0 Å². The first kappa shape index (κ1) is 16.7. The van der Waals surface area contributed by atoms with Gasteiger partial charge < -0.3 is 10.4 Å². The Hall–Kier alpha value is -1.39. The number of hydrogen-bond donors (Lipinski definition) is 3. The summed E-state index contributed by atoms with van der Waals surface area (Å²) in [5, 5.41) is 15.8. The molecular weight excluding hydrogens is 252 g/mol. The lowest BCUT2D eigenvalue weighted by Gasteiger charge is -2.29. The van der Waals surface area contributed by atoms with Crippen LogP contribution in [0.3, 0.4) is 0 Å². The average molecular weight is 278 g/mol. The standard InChI is InChI=1S/C16H26N2O2/c1-4-14(5-2)18-15(20)11-17-16(3,12-19)13-9-7-6-8-10-13/h6-10,14,17,19H,4-5,11-12H2,1-3H3,(H,18,20). The number of aliphatic hydroxyl groups excluding tert-OH is 1. The number of nitrogens with one attached hydrogen (secondary N) is 2. The van der Waals surface area contributed by atoms with Crippen molar-refractivity contribution in [2.24, 2.45) is 0 Å². The van der Waals surface area contributed by atoms with Crippen molar-refractivity contribution in [1.82, 2.24) is 10.6 Å². The molecule has 0 aliphatic heterocycles. The van der Waals surface area contributed by atoms with Crippen LogP contribution in [-0.4, -0.2) is 30.2 Å². The molecule has 112 valence electrons. The van der Waals surface area contributed by atoms with Gasteiger partial charge in [0.25, 0.3) is 0 Å². The highest BCUT2D eigenvalue weighted by Crippen LogP contribution is 2.19. The largest absolute Gasteiger partial charge is 0.394 e. The SMILES string of the molecule is CCC(CC)NC(=O)CNC(C)(CO)c1ccccc1. The molecule has 0 spiro atoms. The van der Waals surface area contributed by atoms with Gasteiger partial charge in [-0.25, -0.2) is 0 Å². The van der Waals surface area contributed by atoms with Gasteiger partial charge in [0.05, 0.1) is 18.7 Å². The molecule has 4 heteroatoms. The van der Waals surface area contributed by atoms with Crippen LogP contribution in [0.25, 0.3) is 0 Å². The first-order valence-electron chi connectivity index (χ1n) is 7.26. The molecule has 20 heavy (non-hydrogen) atoms. The number of aliphatic hydroxyl groups is 1. The van der Waals surface area contributed by atoms with Crippen LogP contribution in [0.2, 0.25) is 0 Å². The molecule has 1 amide bonds. The van der Waals surface area contributed by atoms with Gasteiger partial charge in [-0.3, -0.25) is 10.1 Å². The van der Waals surface area contributed by atoms with Gasteiger partial charge in [0, 0.05) is 6.04 Å². The Morgan fingerprint density at radius 2 is 1.85 bits per heavy atom. The van der Waals surface area contributed by atoms with Gasteiger partial charge in [-0.15, -0.1) is 0 Å². The second kappa shape index (κ2) is 8.02. The van der Waals surface area contributed by atoms with Crippen LogP contribution >= 0.6 is 0 Å². The smallest absolute Gasteiger partial charge is 0.234 e. The summed E-state index contributed by atoms with van der Waals surface area (Å²) in [6.45, 7) is 6.15. The normalized spacial score (nSPS) is 14.1. The van der Waals surface area contributed by atoms with Gasteiger partial charge in [0.15, 0.2) is 0 Å². The van der Waals surface area contributed by atoms with Gasteiger partial charge in [-0.1, -0.05) is 44.2 Å². The third-order valence-corrected chi connectivity index (χ3v) is 3.72. The van der Waals surface area contributed by atoms with E-state index in [9.17, 15) is 9.90 Å². The van der Waals surface area contributed by atoms with Crippen LogP contribution in [0.4, 0.5) is 0 Å². The van der Waals surface area contributed by atoms with Crippen molar-refractivity contribution in [3.8, 4) is 0 Å². The number of carbonyl (C=O) groups is 1. The van der Waals surface area contributed by atoms with Crippen LogP contribution in [0.1, 0.15) is 39.2 Å². The Bertz CT molecular complexity index is 404. The zero-order valence-corrected chi connectivity index (χ0v) is 12.6. The number of carbonyl (C=O) groups excluding carboxylic acids is 1. The highest BCUT2D eigenvalue weighted by atomic mass is 16.3. The van der Waals surface area contributed by atoms with Gasteiger partial charge in [0.1, 0.15) is 0 Å². The lowest BCUT2D eigenvalue weighted by atomic mass is 9.93. The second-order valence-corrected chi connectivity index (χ2v) is 5.29. The maximum Gasteiger partial charge on any atom is 0.234 e. The first-order valence-corrected chi connectivity index (χ1v) is 7.26. The molecule has 4 nitrogen and oxygen atoms in total. The van der Waals surface area contributed by atoms with E-state index in [0.717, 1.165) is 18.4 Å². The Balaban J connectivity index is 2.59. The third kappa shape index (κ3) is 4.62. The molecule has 0 heterocycles. The molecule has 0 fully saturated rings. The Morgan fingerprint density at radius 1 is 1.25 bits per heavy atom. The van der Waals surface area contributed by atoms with E-state index in [0.29, 0.717) is 0 Å². The highest BCUT2D eigenvalue weighted by molar-refractivity contribution is 5.78. The van der Waals surface area contributed by atoms with E-state index in [2.05, 4.69) is 24.5 Å². The van der Waals surface area contributed by atoms with E-state index >= 15 is 0 Å². The molecule has 0 bridgehead atoms. The van der Waals surface area contributed by atoms with Gasteiger partial charge in [-0.05, 0) is 25.3 Å². The maximum atomic E-state index is 11.9. The van der Waals surface area contributed by atoms with E-state index < -0.39 is 5.54 Å². The average Bonchev–Trinajstić information content (AvgIpc) is 2.51. The molecule has 0 saturated heterocycles. The van der Waals surface area contributed by atoms with Crippen molar-refractivity contribution in [3.63, 3.8) is 0 Å². The minimum absolute atomic E-state index is 0.0330. The topological polar surface area (TPSA) is 61.4 Å². The summed E-state index contributed by atoms with van der Waals surface area (Å²) in [6.07, 6.45) is 1.86. The zero-order valence-electron chi connectivity index (χ0n) is 12.6. The summed E-state index contributed by atoms with van der Waals surface area (Å²) in [4.78, 5) is 11.9. The summed E-state index contributed by atoms with van der Waals surface area (Å²) in [6, 6.07) is 9.90. The fraction of sp³-hybridized carbons (Fsp3) is 0.562. The monoisotopic (exact) mass is 278 g/mol. The molecular formula is C16H26N2O2. The van der Waals surface area contributed by atoms with E-state index in [4.69, 9.17) is 0 Å². The van der Waals surface area contributed by atoms with Crippen LogP contribution in [0.15, 0.2) is 30.3 Å². The summed E-state index contributed by atoms with van der Waals surface area (Å²) in [5.41, 5.74) is 0.366. The molecule has 1 rings (SSSR count). The number of benzene rings is 1. The van der Waals surface area contributed by atoms with Crippen molar-refractivity contribution < 1.29 is 9.90 Å². The predicted molar refractivity (Wildman–Crippen MR) is 81.4 cm³/mol. The second-order valence-electron chi connectivity index (χ2n) is 5.29. The van der Waals surface area contributed by atoms with Crippen LogP contribution in [0.5, 0.6) is 0 Å². The molecule has 1 aromatic rings. The molecule has 1 atom stereocenters. The van der Waals surface area contributed by atoms with E-state index in [1.807, 2.05) is 37.3 Å². The van der Waals surface area contributed by atoms with Crippen molar-refractivity contribution >= 4 is 5.91 Å². The van der Waals surface area contributed by atoms with Crippen molar-refractivity contribution in [3.05, 3.63) is 35.9 Å². The highest BCUT2D eigenvalue weighted by Gasteiger charge is 2.25. The van der Waals surface area contributed by atoms with E-state index in [1.165, 1.54) is 0 Å². The van der Waals surface area contributed by atoms with Gasteiger partial charge in [0.2, 0.25) is 5.91 Å². The summed E-state index contributed by atoms with van der Waals surface area (Å²) >= 11 is 0. The molecule has 0 aliphatic rings. The van der Waals surface area contributed by atoms with Crippen molar-refractivity contribution in [2.75, 3.05) is 13.2 Å². The number of rotatable bonds is 8. The lowest BCUT2D eigenvalue weighted by Crippen LogP contribution is -2.49. The molecule has 0 radical (unpaired) electrons. The first-order chi connectivity index (χ1) is 9.55. The van der Waals surface area contributed by atoms with Gasteiger partial charge >= 0.3 is 0 Å². The minimum atomic E-state index is -0.605. The van der Waals surface area contributed by atoms with Crippen molar-refractivity contribution in [2.45, 2.75) is 45.2 Å². The summed E-state index contributed by atoms with van der Waals surface area (Å²) < 4.78 is 0. The quantitative estimate of drug-likeness (QED) is 0.679. The summed E-state index contributed by atoms with van der Waals surface area (Å²) in [5.74, 6) is -0.0330. The third-order valence-electron chi connectivity index (χ3n) is 3.72.